The Balaban J connectivity index is 2.17. The summed E-state index contributed by atoms with van der Waals surface area (Å²) in [7, 11) is 3.14. The molecule has 0 saturated carbocycles. The largest absolute Gasteiger partial charge is 0.493 e. The van der Waals surface area contributed by atoms with Crippen molar-refractivity contribution in [2.45, 2.75) is 0 Å². The Morgan fingerprint density at radius 3 is 2.50 bits per heavy atom. The molecule has 0 amide bonds. The summed E-state index contributed by atoms with van der Waals surface area (Å²) in [6.07, 6.45) is 3.18. The third-order valence-corrected chi connectivity index (χ3v) is 2.97. The molecule has 0 atom stereocenters. The predicted octanol–water partition coefficient (Wildman–Crippen LogP) is 3.58. The van der Waals surface area contributed by atoms with Crippen LogP contribution in [0, 0.1) is 0 Å². The van der Waals surface area contributed by atoms with E-state index in [2.05, 4.69) is 4.98 Å². The SMILES string of the molecule is COc1ccc(/C=C/C(=O)c2ccc(Cl)[nH]2)cc1OC. The Bertz CT molecular complexity index is 646. The summed E-state index contributed by atoms with van der Waals surface area (Å²) in [6, 6.07) is 8.70. The Hall–Kier alpha value is -2.20. The molecule has 0 aliphatic heterocycles. The van der Waals surface area contributed by atoms with Gasteiger partial charge in [0.1, 0.15) is 5.15 Å². The Morgan fingerprint density at radius 2 is 1.90 bits per heavy atom. The summed E-state index contributed by atoms with van der Waals surface area (Å²) < 4.78 is 10.4. The van der Waals surface area contributed by atoms with E-state index in [4.69, 9.17) is 21.1 Å². The fraction of sp³-hybridized carbons (Fsp3) is 0.133. The van der Waals surface area contributed by atoms with Gasteiger partial charge in [-0.2, -0.15) is 0 Å². The number of carbonyl (C=O) groups is 1. The van der Waals surface area contributed by atoms with Crippen molar-refractivity contribution >= 4 is 23.5 Å². The number of allylic oxidation sites excluding steroid dienone is 1. The van der Waals surface area contributed by atoms with Crippen LogP contribution < -0.4 is 9.47 Å². The van der Waals surface area contributed by atoms with Gasteiger partial charge in [-0.15, -0.1) is 0 Å². The molecule has 0 unspecified atom stereocenters. The highest BCUT2D eigenvalue weighted by atomic mass is 35.5. The van der Waals surface area contributed by atoms with E-state index in [1.165, 1.54) is 6.08 Å². The molecule has 0 aliphatic rings. The van der Waals surface area contributed by atoms with Gasteiger partial charge in [-0.1, -0.05) is 23.7 Å². The van der Waals surface area contributed by atoms with Crippen LogP contribution in [0.5, 0.6) is 11.5 Å². The van der Waals surface area contributed by atoms with Crippen LogP contribution in [0.1, 0.15) is 16.1 Å². The number of carbonyl (C=O) groups excluding carboxylic acids is 1. The summed E-state index contributed by atoms with van der Waals surface area (Å²) in [5, 5.41) is 0.438. The standard InChI is InChI=1S/C15H14ClNO3/c1-19-13-7-4-10(9-14(13)20-2)3-6-12(18)11-5-8-15(16)17-11/h3-9,17H,1-2H3/b6-3+. The number of methoxy groups -OCH3 is 2. The number of ketones is 1. The highest BCUT2D eigenvalue weighted by Gasteiger charge is 2.05. The van der Waals surface area contributed by atoms with Crippen LogP contribution in [-0.2, 0) is 0 Å². The molecule has 2 rings (SSSR count). The molecule has 0 radical (unpaired) electrons. The summed E-state index contributed by atoms with van der Waals surface area (Å²) in [6.45, 7) is 0. The zero-order chi connectivity index (χ0) is 14.5. The fourth-order valence-electron chi connectivity index (χ4n) is 1.73. The first-order valence-corrected chi connectivity index (χ1v) is 6.31. The molecule has 0 saturated heterocycles. The van der Waals surface area contributed by atoms with Gasteiger partial charge in [-0.3, -0.25) is 4.79 Å². The number of nitrogens with one attached hydrogen (secondary N) is 1. The Labute approximate surface area is 122 Å². The maximum atomic E-state index is 11.9. The topological polar surface area (TPSA) is 51.3 Å². The lowest BCUT2D eigenvalue weighted by atomic mass is 10.1. The third kappa shape index (κ3) is 3.22. The number of aromatic amines is 1. The maximum absolute atomic E-state index is 11.9. The molecule has 2 aromatic rings. The van der Waals surface area contributed by atoms with Crippen molar-refractivity contribution in [3.63, 3.8) is 0 Å². The van der Waals surface area contributed by atoms with E-state index < -0.39 is 0 Å². The van der Waals surface area contributed by atoms with E-state index in [0.717, 1.165) is 5.56 Å². The van der Waals surface area contributed by atoms with Crippen LogP contribution in [0.4, 0.5) is 0 Å². The van der Waals surface area contributed by atoms with Gasteiger partial charge in [0.25, 0.3) is 0 Å². The zero-order valence-electron chi connectivity index (χ0n) is 11.1. The molecular formula is C15H14ClNO3. The smallest absolute Gasteiger partial charge is 0.202 e. The van der Waals surface area contributed by atoms with E-state index in [1.54, 1.807) is 44.6 Å². The number of H-pyrrole nitrogens is 1. The molecule has 0 aliphatic carbocycles. The van der Waals surface area contributed by atoms with Crippen molar-refractivity contribution < 1.29 is 14.3 Å². The lowest BCUT2D eigenvalue weighted by Gasteiger charge is -2.07. The van der Waals surface area contributed by atoms with Gasteiger partial charge < -0.3 is 14.5 Å². The molecule has 1 aromatic carbocycles. The van der Waals surface area contributed by atoms with Crippen LogP contribution in [0.3, 0.4) is 0 Å². The van der Waals surface area contributed by atoms with Gasteiger partial charge in [0.15, 0.2) is 11.5 Å². The number of benzene rings is 1. The summed E-state index contributed by atoms with van der Waals surface area (Å²) in [5.41, 5.74) is 1.29. The van der Waals surface area contributed by atoms with Crippen LogP contribution in [-0.4, -0.2) is 25.0 Å². The summed E-state index contributed by atoms with van der Waals surface area (Å²) in [4.78, 5) is 14.6. The minimum Gasteiger partial charge on any atom is -0.493 e. The number of hydrogen-bond donors (Lipinski definition) is 1. The van der Waals surface area contributed by atoms with Crippen molar-refractivity contribution in [1.82, 2.24) is 4.98 Å². The van der Waals surface area contributed by atoms with E-state index in [1.807, 2.05) is 6.07 Å². The maximum Gasteiger partial charge on any atom is 0.202 e. The van der Waals surface area contributed by atoms with Crippen LogP contribution >= 0.6 is 11.6 Å². The lowest BCUT2D eigenvalue weighted by Crippen LogP contribution is -1.94. The minimum atomic E-state index is -0.147. The highest BCUT2D eigenvalue weighted by Crippen LogP contribution is 2.28. The van der Waals surface area contributed by atoms with Crippen molar-refractivity contribution in [3.8, 4) is 11.5 Å². The molecule has 5 heteroatoms. The molecule has 1 aromatic heterocycles. The van der Waals surface area contributed by atoms with E-state index in [0.29, 0.717) is 22.3 Å². The van der Waals surface area contributed by atoms with Gasteiger partial charge in [-0.05, 0) is 35.9 Å². The molecule has 0 fully saturated rings. The number of halogens is 1. The van der Waals surface area contributed by atoms with Gasteiger partial charge in [0.2, 0.25) is 5.78 Å². The normalized spacial score (nSPS) is 10.8. The monoisotopic (exact) mass is 291 g/mol. The molecule has 20 heavy (non-hydrogen) atoms. The summed E-state index contributed by atoms with van der Waals surface area (Å²) in [5.74, 6) is 1.11. The zero-order valence-corrected chi connectivity index (χ0v) is 11.9. The average molecular weight is 292 g/mol. The van der Waals surface area contributed by atoms with Crippen LogP contribution in [0.15, 0.2) is 36.4 Å². The first kappa shape index (κ1) is 14.2. The first-order chi connectivity index (χ1) is 9.63. The fourth-order valence-corrected chi connectivity index (χ4v) is 1.90. The molecular weight excluding hydrogens is 278 g/mol. The average Bonchev–Trinajstić information content (AvgIpc) is 2.91. The Morgan fingerprint density at radius 1 is 1.15 bits per heavy atom. The molecule has 0 spiro atoms. The van der Waals surface area contributed by atoms with Crippen LogP contribution in [0.2, 0.25) is 5.15 Å². The van der Waals surface area contributed by atoms with Crippen molar-refractivity contribution in [3.05, 3.63) is 52.8 Å². The van der Waals surface area contributed by atoms with Gasteiger partial charge >= 0.3 is 0 Å². The molecule has 4 nitrogen and oxygen atoms in total. The lowest BCUT2D eigenvalue weighted by molar-refractivity contribution is 0.104. The van der Waals surface area contributed by atoms with Crippen molar-refractivity contribution in [2.24, 2.45) is 0 Å². The van der Waals surface area contributed by atoms with Gasteiger partial charge in [0, 0.05) is 0 Å². The van der Waals surface area contributed by atoms with E-state index in [9.17, 15) is 4.79 Å². The molecule has 0 bridgehead atoms. The van der Waals surface area contributed by atoms with Crippen LogP contribution in [0.25, 0.3) is 6.08 Å². The molecule has 104 valence electrons. The second-order valence-electron chi connectivity index (χ2n) is 4.03. The quantitative estimate of drug-likeness (QED) is 0.676. The highest BCUT2D eigenvalue weighted by molar-refractivity contribution is 6.29. The minimum absolute atomic E-state index is 0.147. The Kier molecular flexibility index (Phi) is 4.48. The van der Waals surface area contributed by atoms with Gasteiger partial charge in [0.05, 0.1) is 19.9 Å². The van der Waals surface area contributed by atoms with Crippen molar-refractivity contribution in [2.75, 3.05) is 14.2 Å². The summed E-state index contributed by atoms with van der Waals surface area (Å²) >= 11 is 5.73. The molecule has 1 N–H and O–H groups in total. The number of rotatable bonds is 5. The number of aromatic nitrogens is 1. The second kappa shape index (κ2) is 6.30. The third-order valence-electron chi connectivity index (χ3n) is 2.75. The second-order valence-corrected chi connectivity index (χ2v) is 4.44. The van der Waals surface area contributed by atoms with Gasteiger partial charge in [-0.25, -0.2) is 0 Å². The van der Waals surface area contributed by atoms with E-state index >= 15 is 0 Å². The predicted molar refractivity (Wildman–Crippen MR) is 78.7 cm³/mol. The first-order valence-electron chi connectivity index (χ1n) is 5.93. The van der Waals surface area contributed by atoms with E-state index in [-0.39, 0.29) is 5.78 Å². The number of ether oxygens (including phenoxy) is 2. The van der Waals surface area contributed by atoms with Crippen molar-refractivity contribution in [1.29, 1.82) is 0 Å². The number of hydrogen-bond acceptors (Lipinski definition) is 3. The molecule has 1 heterocycles.